The summed E-state index contributed by atoms with van der Waals surface area (Å²) in [4.78, 5) is 11.3. The van der Waals surface area contributed by atoms with Crippen LogP contribution in [0, 0.1) is 0 Å². The number of nitrogens with one attached hydrogen (secondary N) is 1. The van der Waals surface area contributed by atoms with Crippen LogP contribution in [0.1, 0.15) is 25.3 Å². The van der Waals surface area contributed by atoms with Gasteiger partial charge in [0.25, 0.3) is 0 Å². The number of aromatic nitrogens is 1. The van der Waals surface area contributed by atoms with Crippen molar-refractivity contribution in [2.45, 2.75) is 32.4 Å². The number of benzene rings is 1. The van der Waals surface area contributed by atoms with E-state index in [0.717, 1.165) is 50.6 Å². The van der Waals surface area contributed by atoms with Crippen molar-refractivity contribution in [3.63, 3.8) is 0 Å². The van der Waals surface area contributed by atoms with Crippen molar-refractivity contribution in [3.05, 3.63) is 42.1 Å². The molecule has 0 spiro atoms. The fourth-order valence-corrected chi connectivity index (χ4v) is 3.29. The lowest BCUT2D eigenvalue weighted by Gasteiger charge is -2.34. The van der Waals surface area contributed by atoms with Gasteiger partial charge in [0.1, 0.15) is 0 Å². The quantitative estimate of drug-likeness (QED) is 0.693. The van der Waals surface area contributed by atoms with Crippen LogP contribution in [0.25, 0.3) is 10.9 Å². The van der Waals surface area contributed by atoms with Crippen LogP contribution in [0.15, 0.2) is 41.5 Å². The highest BCUT2D eigenvalue weighted by Crippen LogP contribution is 2.17. The second kappa shape index (κ2) is 8.11. The summed E-state index contributed by atoms with van der Waals surface area (Å²) in [7, 11) is 1.85. The molecular weight excluding hydrogens is 300 g/mol. The molecule has 1 aromatic heterocycles. The first-order valence-corrected chi connectivity index (χ1v) is 8.71. The number of guanidine groups is 1. The number of nitrogens with zero attached hydrogens (tertiary/aromatic N) is 3. The molecule has 3 rings (SSSR count). The lowest BCUT2D eigenvalue weighted by atomic mass is 10.1. The fourth-order valence-electron chi connectivity index (χ4n) is 3.29. The van der Waals surface area contributed by atoms with Crippen molar-refractivity contribution < 1.29 is 4.74 Å². The molecule has 1 aliphatic rings. The zero-order valence-corrected chi connectivity index (χ0v) is 14.5. The zero-order chi connectivity index (χ0) is 16.8. The Bertz CT molecular complexity index is 687. The average molecular weight is 326 g/mol. The molecule has 0 unspecified atom stereocenters. The Hall–Kier alpha value is -2.14. The SMILES string of the molecule is CCOC1CCN(C(=NC)NCc2cccc3cccnc23)CC1. The Balaban J connectivity index is 1.62. The van der Waals surface area contributed by atoms with Crippen molar-refractivity contribution in [1.29, 1.82) is 0 Å². The number of para-hydroxylation sites is 1. The molecule has 24 heavy (non-hydrogen) atoms. The number of piperidine rings is 1. The molecule has 1 fully saturated rings. The smallest absolute Gasteiger partial charge is 0.193 e. The normalized spacial score (nSPS) is 16.6. The minimum atomic E-state index is 0.395. The molecule has 0 bridgehead atoms. The first-order valence-electron chi connectivity index (χ1n) is 8.71. The van der Waals surface area contributed by atoms with E-state index in [0.29, 0.717) is 6.10 Å². The lowest BCUT2D eigenvalue weighted by molar-refractivity contribution is 0.0263. The van der Waals surface area contributed by atoms with Crippen LogP contribution in [0.5, 0.6) is 0 Å². The van der Waals surface area contributed by atoms with Crippen molar-refractivity contribution in [1.82, 2.24) is 15.2 Å². The predicted octanol–water partition coefficient (Wildman–Crippen LogP) is 2.81. The van der Waals surface area contributed by atoms with E-state index in [9.17, 15) is 0 Å². The largest absolute Gasteiger partial charge is 0.378 e. The summed E-state index contributed by atoms with van der Waals surface area (Å²) < 4.78 is 5.73. The van der Waals surface area contributed by atoms with E-state index >= 15 is 0 Å². The number of hydrogen-bond donors (Lipinski definition) is 1. The summed E-state index contributed by atoms with van der Waals surface area (Å²) in [5, 5.41) is 4.66. The Morgan fingerprint density at radius 2 is 2.08 bits per heavy atom. The molecule has 0 amide bonds. The monoisotopic (exact) mass is 326 g/mol. The number of fused-ring (bicyclic) bond motifs is 1. The molecule has 0 saturated carbocycles. The standard InChI is InChI=1S/C19H26N4O/c1-3-24-17-9-12-23(13-10-17)19(20-2)22-14-16-7-4-6-15-8-5-11-21-18(15)16/h4-8,11,17H,3,9-10,12-14H2,1-2H3,(H,20,22). The maximum atomic E-state index is 5.73. The average Bonchev–Trinajstić information content (AvgIpc) is 2.64. The first-order chi connectivity index (χ1) is 11.8. The van der Waals surface area contributed by atoms with E-state index in [1.165, 1.54) is 10.9 Å². The van der Waals surface area contributed by atoms with E-state index in [4.69, 9.17) is 4.74 Å². The Morgan fingerprint density at radius 3 is 2.83 bits per heavy atom. The van der Waals surface area contributed by atoms with Crippen molar-refractivity contribution in [3.8, 4) is 0 Å². The van der Waals surface area contributed by atoms with Gasteiger partial charge >= 0.3 is 0 Å². The van der Waals surface area contributed by atoms with Gasteiger partial charge in [-0.25, -0.2) is 0 Å². The van der Waals surface area contributed by atoms with Gasteiger partial charge in [-0.05, 0) is 31.4 Å². The Kier molecular flexibility index (Phi) is 5.64. The molecule has 0 radical (unpaired) electrons. The number of pyridine rings is 1. The highest BCUT2D eigenvalue weighted by Gasteiger charge is 2.21. The molecule has 128 valence electrons. The summed E-state index contributed by atoms with van der Waals surface area (Å²) >= 11 is 0. The fraction of sp³-hybridized carbons (Fsp3) is 0.474. The van der Waals surface area contributed by atoms with Gasteiger partial charge in [-0.1, -0.05) is 24.3 Å². The first kappa shape index (κ1) is 16.7. The van der Waals surface area contributed by atoms with Gasteiger partial charge in [0.15, 0.2) is 5.96 Å². The summed E-state index contributed by atoms with van der Waals surface area (Å²) in [5.41, 5.74) is 2.25. The number of likely N-dealkylation sites (tertiary alicyclic amines) is 1. The van der Waals surface area contributed by atoms with E-state index in [2.05, 4.69) is 51.4 Å². The zero-order valence-electron chi connectivity index (χ0n) is 14.5. The van der Waals surface area contributed by atoms with Crippen molar-refractivity contribution in [2.24, 2.45) is 4.99 Å². The molecule has 1 saturated heterocycles. The third kappa shape index (κ3) is 3.85. The minimum Gasteiger partial charge on any atom is -0.378 e. The van der Waals surface area contributed by atoms with Crippen LogP contribution in [0.4, 0.5) is 0 Å². The van der Waals surface area contributed by atoms with Gasteiger partial charge in [0.2, 0.25) is 0 Å². The minimum absolute atomic E-state index is 0.395. The lowest BCUT2D eigenvalue weighted by Crippen LogP contribution is -2.46. The highest BCUT2D eigenvalue weighted by molar-refractivity contribution is 5.83. The van der Waals surface area contributed by atoms with Crippen LogP contribution in [-0.4, -0.2) is 48.7 Å². The maximum absolute atomic E-state index is 5.73. The number of rotatable bonds is 4. The molecule has 1 aliphatic heterocycles. The van der Waals surface area contributed by atoms with Gasteiger partial charge in [-0.3, -0.25) is 9.98 Å². The molecule has 1 N–H and O–H groups in total. The van der Waals surface area contributed by atoms with Gasteiger partial charge in [-0.15, -0.1) is 0 Å². The Labute approximate surface area is 143 Å². The van der Waals surface area contributed by atoms with Crippen molar-refractivity contribution in [2.75, 3.05) is 26.7 Å². The van der Waals surface area contributed by atoms with Crippen LogP contribution < -0.4 is 5.32 Å². The van der Waals surface area contributed by atoms with Crippen LogP contribution in [0.2, 0.25) is 0 Å². The summed E-state index contributed by atoms with van der Waals surface area (Å²) in [6.07, 6.45) is 4.36. The van der Waals surface area contributed by atoms with E-state index < -0.39 is 0 Å². The molecule has 2 heterocycles. The van der Waals surface area contributed by atoms with Crippen LogP contribution >= 0.6 is 0 Å². The molecule has 5 heteroatoms. The summed E-state index contributed by atoms with van der Waals surface area (Å²) in [6.45, 7) is 5.56. The van der Waals surface area contributed by atoms with Gasteiger partial charge in [0, 0.05) is 44.9 Å². The number of hydrogen-bond acceptors (Lipinski definition) is 3. The van der Waals surface area contributed by atoms with E-state index in [1.54, 1.807) is 0 Å². The summed E-state index contributed by atoms with van der Waals surface area (Å²) in [5.74, 6) is 0.956. The number of ether oxygens (including phenoxy) is 1. The molecule has 5 nitrogen and oxygen atoms in total. The number of aliphatic imine (C=N–C) groups is 1. The van der Waals surface area contributed by atoms with E-state index in [1.807, 2.05) is 19.3 Å². The molecule has 1 aromatic carbocycles. The van der Waals surface area contributed by atoms with Crippen molar-refractivity contribution >= 4 is 16.9 Å². The van der Waals surface area contributed by atoms with Crippen LogP contribution in [0.3, 0.4) is 0 Å². The van der Waals surface area contributed by atoms with Gasteiger partial charge in [0.05, 0.1) is 11.6 Å². The molecule has 0 aliphatic carbocycles. The highest BCUT2D eigenvalue weighted by atomic mass is 16.5. The summed E-state index contributed by atoms with van der Waals surface area (Å²) in [6, 6.07) is 10.4. The van der Waals surface area contributed by atoms with Crippen LogP contribution in [-0.2, 0) is 11.3 Å². The second-order valence-electron chi connectivity index (χ2n) is 6.03. The molecule has 0 atom stereocenters. The molecule has 2 aromatic rings. The van der Waals surface area contributed by atoms with Gasteiger partial charge in [-0.2, -0.15) is 0 Å². The predicted molar refractivity (Wildman–Crippen MR) is 98.2 cm³/mol. The van der Waals surface area contributed by atoms with Gasteiger partial charge < -0.3 is 15.0 Å². The second-order valence-corrected chi connectivity index (χ2v) is 6.03. The third-order valence-corrected chi connectivity index (χ3v) is 4.51. The van der Waals surface area contributed by atoms with E-state index in [-0.39, 0.29) is 0 Å². The maximum Gasteiger partial charge on any atom is 0.193 e. The molecular formula is C19H26N4O. The topological polar surface area (TPSA) is 49.8 Å². The Morgan fingerprint density at radius 1 is 1.29 bits per heavy atom. The third-order valence-electron chi connectivity index (χ3n) is 4.51.